The molecule has 2 aromatic rings. The zero-order valence-electron chi connectivity index (χ0n) is 11.2. The van der Waals surface area contributed by atoms with Crippen molar-refractivity contribution in [3.63, 3.8) is 0 Å². The number of carboxylic acid groups (broad SMARTS) is 1. The number of carboxylic acids is 1. The average Bonchev–Trinajstić information content (AvgIpc) is 2.48. The molecule has 106 valence electrons. The lowest BCUT2D eigenvalue weighted by Gasteiger charge is -2.09. The minimum absolute atomic E-state index is 0.0475. The maximum absolute atomic E-state index is 11.8. The first-order valence-electron chi connectivity index (χ1n) is 6.06. The van der Waals surface area contributed by atoms with Gasteiger partial charge in [0.05, 0.1) is 24.8 Å². The van der Waals surface area contributed by atoms with Crippen LogP contribution in [-0.4, -0.2) is 22.8 Å². The Morgan fingerprint density at radius 2 is 2.14 bits per heavy atom. The van der Waals surface area contributed by atoms with Gasteiger partial charge in [0.2, 0.25) is 0 Å². The first-order chi connectivity index (χ1) is 10.0. The van der Waals surface area contributed by atoms with Crippen molar-refractivity contribution in [1.29, 1.82) is 5.26 Å². The van der Waals surface area contributed by atoms with E-state index < -0.39 is 11.5 Å². The molecule has 21 heavy (non-hydrogen) atoms. The Morgan fingerprint density at radius 1 is 1.38 bits per heavy atom. The fourth-order valence-corrected chi connectivity index (χ4v) is 1.89. The molecule has 6 nitrogen and oxygen atoms in total. The van der Waals surface area contributed by atoms with Crippen LogP contribution in [0.3, 0.4) is 0 Å². The van der Waals surface area contributed by atoms with Gasteiger partial charge < -0.3 is 14.4 Å². The molecule has 0 fully saturated rings. The lowest BCUT2D eigenvalue weighted by Crippen LogP contribution is -2.20. The van der Waals surface area contributed by atoms with Crippen molar-refractivity contribution in [2.24, 2.45) is 0 Å². The van der Waals surface area contributed by atoms with Crippen molar-refractivity contribution in [1.82, 2.24) is 4.57 Å². The van der Waals surface area contributed by atoms with Gasteiger partial charge in [-0.05, 0) is 23.8 Å². The molecule has 0 radical (unpaired) electrons. The van der Waals surface area contributed by atoms with Crippen molar-refractivity contribution in [3.8, 4) is 11.8 Å². The third-order valence-corrected chi connectivity index (χ3v) is 2.98. The highest BCUT2D eigenvalue weighted by Gasteiger charge is 2.07. The number of benzene rings is 1. The summed E-state index contributed by atoms with van der Waals surface area (Å²) in [5.41, 5.74) is 0.734. The van der Waals surface area contributed by atoms with Crippen LogP contribution in [0.2, 0.25) is 0 Å². The summed E-state index contributed by atoms with van der Waals surface area (Å²) < 4.78 is 6.49. The van der Waals surface area contributed by atoms with E-state index in [0.29, 0.717) is 11.3 Å². The van der Waals surface area contributed by atoms with Gasteiger partial charge in [-0.15, -0.1) is 0 Å². The molecule has 1 N–H and O–H groups in total. The number of hydrogen-bond donors (Lipinski definition) is 1. The van der Waals surface area contributed by atoms with E-state index in [2.05, 4.69) is 0 Å². The molecule has 0 unspecified atom stereocenters. The van der Waals surface area contributed by atoms with Gasteiger partial charge in [-0.1, -0.05) is 6.07 Å². The summed E-state index contributed by atoms with van der Waals surface area (Å²) in [5, 5.41) is 17.7. The molecule has 2 rings (SSSR count). The van der Waals surface area contributed by atoms with Gasteiger partial charge in [0.25, 0.3) is 5.56 Å². The number of hydrogen-bond acceptors (Lipinski definition) is 4. The van der Waals surface area contributed by atoms with Crippen LogP contribution in [0.5, 0.6) is 5.75 Å². The molecule has 0 spiro atoms. The largest absolute Gasteiger partial charge is 0.495 e. The monoisotopic (exact) mass is 284 g/mol. The zero-order valence-corrected chi connectivity index (χ0v) is 11.2. The van der Waals surface area contributed by atoms with Crippen molar-refractivity contribution in [2.45, 2.75) is 6.54 Å². The molecule has 0 aliphatic carbocycles. The second-order valence-corrected chi connectivity index (χ2v) is 4.33. The van der Waals surface area contributed by atoms with Crippen LogP contribution < -0.4 is 10.3 Å². The van der Waals surface area contributed by atoms with Crippen molar-refractivity contribution < 1.29 is 14.6 Å². The summed E-state index contributed by atoms with van der Waals surface area (Å²) in [5.74, 6) is -0.704. The fraction of sp³-hybridized carbons (Fsp3) is 0.133. The number of nitriles is 1. The first-order valence-corrected chi connectivity index (χ1v) is 6.06. The number of aromatic carboxylic acids is 1. The van der Waals surface area contributed by atoms with Gasteiger partial charge in [0, 0.05) is 12.3 Å². The molecule has 0 saturated carbocycles. The van der Waals surface area contributed by atoms with E-state index in [-0.39, 0.29) is 12.1 Å². The Kier molecular flexibility index (Phi) is 4.05. The van der Waals surface area contributed by atoms with Crippen LogP contribution in [0.4, 0.5) is 0 Å². The van der Waals surface area contributed by atoms with E-state index >= 15 is 0 Å². The molecule has 0 amide bonds. The van der Waals surface area contributed by atoms with E-state index in [1.54, 1.807) is 18.2 Å². The van der Waals surface area contributed by atoms with Crippen molar-refractivity contribution >= 4 is 5.97 Å². The summed E-state index contributed by atoms with van der Waals surface area (Å²) in [6, 6.07) is 9.46. The molecule has 0 atom stereocenters. The van der Waals surface area contributed by atoms with Crippen LogP contribution in [-0.2, 0) is 6.54 Å². The Hall–Kier alpha value is -3.07. The van der Waals surface area contributed by atoms with E-state index in [9.17, 15) is 9.59 Å². The van der Waals surface area contributed by atoms with Gasteiger partial charge in [0.15, 0.2) is 0 Å². The third-order valence-electron chi connectivity index (χ3n) is 2.98. The number of ether oxygens (including phenoxy) is 1. The minimum Gasteiger partial charge on any atom is -0.495 e. The number of methoxy groups -OCH3 is 1. The van der Waals surface area contributed by atoms with Crippen LogP contribution in [0.15, 0.2) is 41.3 Å². The van der Waals surface area contributed by atoms with E-state index in [4.69, 9.17) is 15.1 Å². The third kappa shape index (κ3) is 3.09. The topological polar surface area (TPSA) is 92.3 Å². The minimum atomic E-state index is -1.14. The van der Waals surface area contributed by atoms with Crippen molar-refractivity contribution in [2.75, 3.05) is 7.11 Å². The molecule has 6 heteroatoms. The molecule has 1 aromatic heterocycles. The highest BCUT2D eigenvalue weighted by atomic mass is 16.5. The molecule has 0 bridgehead atoms. The number of pyridine rings is 1. The Labute approximate surface area is 120 Å². The standard InChI is InChI=1S/C15H12N2O4/c1-21-13-6-10(2-3-12(13)8-16)9-17-5-4-11(15(19)20)7-14(17)18/h2-7H,9H2,1H3,(H,19,20). The predicted molar refractivity (Wildman–Crippen MR) is 74.5 cm³/mol. The van der Waals surface area contributed by atoms with Gasteiger partial charge in [-0.25, -0.2) is 4.79 Å². The normalized spacial score (nSPS) is 9.90. The van der Waals surface area contributed by atoms with Gasteiger partial charge in [-0.2, -0.15) is 5.26 Å². The maximum atomic E-state index is 11.8. The summed E-state index contributed by atoms with van der Waals surface area (Å²) in [7, 11) is 1.47. The molecular formula is C15H12N2O4. The van der Waals surface area contributed by atoms with Gasteiger partial charge >= 0.3 is 5.97 Å². The first kappa shape index (κ1) is 14.3. The van der Waals surface area contributed by atoms with Gasteiger partial charge in [0.1, 0.15) is 11.8 Å². The second kappa shape index (κ2) is 5.92. The lowest BCUT2D eigenvalue weighted by atomic mass is 10.1. The molecule has 0 aliphatic heterocycles. The van der Waals surface area contributed by atoms with E-state index in [1.165, 1.54) is 23.9 Å². The summed E-state index contributed by atoms with van der Waals surface area (Å²) in [4.78, 5) is 22.6. The SMILES string of the molecule is COc1cc(Cn2ccc(C(=O)O)cc2=O)ccc1C#N. The summed E-state index contributed by atoms with van der Waals surface area (Å²) in [6.07, 6.45) is 1.43. The fourth-order valence-electron chi connectivity index (χ4n) is 1.89. The molecule has 0 aliphatic rings. The average molecular weight is 284 g/mol. The summed E-state index contributed by atoms with van der Waals surface area (Å²) >= 11 is 0. The highest BCUT2D eigenvalue weighted by Crippen LogP contribution is 2.19. The zero-order chi connectivity index (χ0) is 15.4. The second-order valence-electron chi connectivity index (χ2n) is 4.33. The number of nitrogens with zero attached hydrogens (tertiary/aromatic N) is 2. The molecule has 1 aromatic carbocycles. The Bertz CT molecular complexity index is 787. The van der Waals surface area contributed by atoms with Gasteiger partial charge in [-0.3, -0.25) is 4.79 Å². The number of aromatic nitrogens is 1. The van der Waals surface area contributed by atoms with Crippen LogP contribution in [0.25, 0.3) is 0 Å². The molecule has 0 saturated heterocycles. The number of rotatable bonds is 4. The Balaban J connectivity index is 2.33. The maximum Gasteiger partial charge on any atom is 0.335 e. The van der Waals surface area contributed by atoms with Crippen molar-refractivity contribution in [3.05, 3.63) is 63.6 Å². The predicted octanol–water partition coefficient (Wildman–Crippen LogP) is 1.48. The van der Waals surface area contributed by atoms with E-state index in [1.807, 2.05) is 6.07 Å². The smallest absolute Gasteiger partial charge is 0.335 e. The summed E-state index contributed by atoms with van der Waals surface area (Å²) in [6.45, 7) is 0.265. The molecular weight excluding hydrogens is 272 g/mol. The highest BCUT2D eigenvalue weighted by molar-refractivity contribution is 5.87. The van der Waals surface area contributed by atoms with Crippen LogP contribution >= 0.6 is 0 Å². The number of carbonyl (C=O) groups is 1. The lowest BCUT2D eigenvalue weighted by molar-refractivity contribution is 0.0696. The van der Waals surface area contributed by atoms with E-state index in [0.717, 1.165) is 11.6 Å². The van der Waals surface area contributed by atoms with Crippen LogP contribution in [0, 0.1) is 11.3 Å². The quantitative estimate of drug-likeness (QED) is 0.917. The van der Waals surface area contributed by atoms with Crippen LogP contribution in [0.1, 0.15) is 21.5 Å². The molecule has 1 heterocycles. The Morgan fingerprint density at radius 3 is 2.71 bits per heavy atom.